The molecule has 1 amide bonds. The van der Waals surface area contributed by atoms with E-state index in [1.54, 1.807) is 0 Å². The third kappa shape index (κ3) is 4.50. The highest BCUT2D eigenvalue weighted by Crippen LogP contribution is 2.23. The minimum Gasteiger partial charge on any atom is -0.371 e. The Morgan fingerprint density at radius 2 is 1.88 bits per heavy atom. The molecule has 0 saturated carbocycles. The molecule has 2 aliphatic heterocycles. The summed E-state index contributed by atoms with van der Waals surface area (Å²) in [5.74, 6) is 1.14. The summed E-state index contributed by atoms with van der Waals surface area (Å²) in [6.07, 6.45) is 4.77. The highest BCUT2D eigenvalue weighted by atomic mass is 16.1. The summed E-state index contributed by atoms with van der Waals surface area (Å²) in [5, 5.41) is 3.12. The molecule has 0 radical (unpaired) electrons. The van der Waals surface area contributed by atoms with Crippen molar-refractivity contribution in [2.75, 3.05) is 38.1 Å². The van der Waals surface area contributed by atoms with Gasteiger partial charge in [-0.05, 0) is 62.9 Å². The molecule has 2 atom stereocenters. The lowest BCUT2D eigenvalue weighted by atomic mass is 9.97. The number of benzene rings is 1. The molecule has 2 heterocycles. The maximum absolute atomic E-state index is 12.3. The van der Waals surface area contributed by atoms with E-state index < -0.39 is 0 Å². The molecule has 3 rings (SSSR count). The van der Waals surface area contributed by atoms with Crippen molar-refractivity contribution in [2.24, 2.45) is 11.8 Å². The molecule has 4 nitrogen and oxygen atoms in total. The molecule has 24 heavy (non-hydrogen) atoms. The van der Waals surface area contributed by atoms with Crippen molar-refractivity contribution < 1.29 is 4.79 Å². The van der Waals surface area contributed by atoms with Gasteiger partial charge in [0.05, 0.1) is 5.92 Å². The van der Waals surface area contributed by atoms with Gasteiger partial charge < -0.3 is 15.1 Å². The van der Waals surface area contributed by atoms with Crippen LogP contribution in [-0.4, -0.2) is 44.0 Å². The van der Waals surface area contributed by atoms with Gasteiger partial charge in [0.1, 0.15) is 0 Å². The van der Waals surface area contributed by atoms with Gasteiger partial charge in [-0.1, -0.05) is 19.1 Å². The molecule has 1 aromatic rings. The molecule has 2 saturated heterocycles. The highest BCUT2D eigenvalue weighted by Gasteiger charge is 2.23. The van der Waals surface area contributed by atoms with Crippen molar-refractivity contribution in [3.05, 3.63) is 29.8 Å². The largest absolute Gasteiger partial charge is 0.371 e. The Bertz CT molecular complexity index is 542. The Morgan fingerprint density at radius 3 is 2.58 bits per heavy atom. The zero-order valence-electron chi connectivity index (χ0n) is 15.1. The van der Waals surface area contributed by atoms with Gasteiger partial charge in [-0.3, -0.25) is 4.79 Å². The molecule has 1 aromatic carbocycles. The summed E-state index contributed by atoms with van der Waals surface area (Å²) < 4.78 is 0. The Labute approximate surface area is 146 Å². The van der Waals surface area contributed by atoms with Crippen molar-refractivity contribution in [3.8, 4) is 0 Å². The van der Waals surface area contributed by atoms with Crippen LogP contribution in [-0.2, 0) is 11.3 Å². The second kappa shape index (κ2) is 8.02. The van der Waals surface area contributed by atoms with E-state index in [0.717, 1.165) is 44.9 Å². The van der Waals surface area contributed by atoms with Crippen molar-refractivity contribution in [2.45, 2.75) is 39.2 Å². The zero-order chi connectivity index (χ0) is 16.9. The van der Waals surface area contributed by atoms with Gasteiger partial charge in [0.25, 0.3) is 0 Å². The van der Waals surface area contributed by atoms with Gasteiger partial charge in [-0.25, -0.2) is 0 Å². The molecule has 1 N–H and O–H groups in total. The number of nitrogens with zero attached hydrogens (tertiary/aromatic N) is 2. The van der Waals surface area contributed by atoms with Gasteiger partial charge in [0.2, 0.25) is 5.91 Å². The number of nitrogens with one attached hydrogen (secondary N) is 1. The van der Waals surface area contributed by atoms with Crippen LogP contribution < -0.4 is 10.2 Å². The van der Waals surface area contributed by atoms with Crippen LogP contribution in [0.3, 0.4) is 0 Å². The number of hydrogen-bond acceptors (Lipinski definition) is 3. The molecule has 2 aliphatic rings. The Kier molecular flexibility index (Phi) is 5.77. The Hall–Kier alpha value is -1.55. The number of carbonyl (C=O) groups excluding carboxylic acids is 1. The lowest BCUT2D eigenvalue weighted by Gasteiger charge is -2.32. The molecule has 132 valence electrons. The van der Waals surface area contributed by atoms with Crippen LogP contribution in [0.5, 0.6) is 0 Å². The average Bonchev–Trinajstić information content (AvgIpc) is 2.60. The number of amides is 1. The summed E-state index contributed by atoms with van der Waals surface area (Å²) in [6.45, 7) is 7.29. The minimum atomic E-state index is 0.151. The lowest BCUT2D eigenvalue weighted by Crippen LogP contribution is -2.41. The summed E-state index contributed by atoms with van der Waals surface area (Å²) >= 11 is 0. The average molecular weight is 329 g/mol. The van der Waals surface area contributed by atoms with E-state index in [1.807, 2.05) is 0 Å². The van der Waals surface area contributed by atoms with E-state index in [-0.39, 0.29) is 11.8 Å². The van der Waals surface area contributed by atoms with E-state index in [1.165, 1.54) is 24.1 Å². The number of carbonyl (C=O) groups is 1. The topological polar surface area (TPSA) is 35.6 Å². The molecule has 0 aliphatic carbocycles. The van der Waals surface area contributed by atoms with Crippen LogP contribution in [0.25, 0.3) is 0 Å². The fourth-order valence-corrected chi connectivity index (χ4v) is 3.96. The molecule has 0 aromatic heterocycles. The monoisotopic (exact) mass is 329 g/mol. The van der Waals surface area contributed by atoms with Crippen molar-refractivity contribution in [1.82, 2.24) is 10.2 Å². The first kappa shape index (κ1) is 17.3. The minimum absolute atomic E-state index is 0.151. The number of likely N-dealkylation sites (tertiary alicyclic amines) is 1. The van der Waals surface area contributed by atoms with E-state index in [2.05, 4.69) is 53.4 Å². The van der Waals surface area contributed by atoms with Crippen LogP contribution in [0.2, 0.25) is 0 Å². The first-order valence-electron chi connectivity index (χ1n) is 9.42. The van der Waals surface area contributed by atoms with Gasteiger partial charge in [-0.15, -0.1) is 0 Å². The first-order valence-corrected chi connectivity index (χ1v) is 9.42. The van der Waals surface area contributed by atoms with E-state index >= 15 is 0 Å². The summed E-state index contributed by atoms with van der Waals surface area (Å²) in [5.41, 5.74) is 2.49. The van der Waals surface area contributed by atoms with Crippen LogP contribution in [0.1, 0.15) is 38.2 Å². The number of rotatable bonds is 4. The molecule has 2 fully saturated rings. The summed E-state index contributed by atoms with van der Waals surface area (Å²) in [4.78, 5) is 17.1. The van der Waals surface area contributed by atoms with Crippen LogP contribution in [0.4, 0.5) is 5.69 Å². The first-order chi connectivity index (χ1) is 11.6. The smallest absolute Gasteiger partial charge is 0.224 e. The van der Waals surface area contributed by atoms with Gasteiger partial charge in [-0.2, -0.15) is 0 Å². The molecule has 0 unspecified atom stereocenters. The number of hydrogen-bond donors (Lipinski definition) is 1. The van der Waals surface area contributed by atoms with Crippen molar-refractivity contribution >= 4 is 11.6 Å². The fraction of sp³-hybridized carbons (Fsp3) is 0.650. The fourth-order valence-electron chi connectivity index (χ4n) is 3.96. The maximum atomic E-state index is 12.3. The van der Waals surface area contributed by atoms with E-state index in [9.17, 15) is 4.79 Å². The molecule has 0 bridgehead atoms. The molecular formula is C20H31N3O. The second-order valence-corrected chi connectivity index (χ2v) is 7.68. The molecule has 4 heteroatoms. The van der Waals surface area contributed by atoms with Gasteiger partial charge in [0, 0.05) is 31.9 Å². The lowest BCUT2D eigenvalue weighted by molar-refractivity contribution is -0.126. The normalized spacial score (nSPS) is 25.5. The second-order valence-electron chi connectivity index (χ2n) is 7.68. The molecular weight excluding hydrogens is 298 g/mol. The summed E-state index contributed by atoms with van der Waals surface area (Å²) in [7, 11) is 2.10. The standard InChI is InChI=1S/C20H31N3O/c1-16-5-3-12-23(14-16)19-9-7-17(8-10-19)13-21-20(24)18-6-4-11-22(2)15-18/h7-10,16,18H,3-6,11-15H2,1-2H3,(H,21,24)/t16-,18-/m0/s1. The van der Waals surface area contributed by atoms with Gasteiger partial charge >= 0.3 is 0 Å². The third-order valence-corrected chi connectivity index (χ3v) is 5.42. The van der Waals surface area contributed by atoms with Crippen LogP contribution in [0.15, 0.2) is 24.3 Å². The van der Waals surface area contributed by atoms with Crippen molar-refractivity contribution in [1.29, 1.82) is 0 Å². The maximum Gasteiger partial charge on any atom is 0.224 e. The quantitative estimate of drug-likeness (QED) is 0.922. The van der Waals surface area contributed by atoms with E-state index in [0.29, 0.717) is 6.54 Å². The Morgan fingerprint density at radius 1 is 1.12 bits per heavy atom. The van der Waals surface area contributed by atoms with Crippen LogP contribution >= 0.6 is 0 Å². The number of anilines is 1. The van der Waals surface area contributed by atoms with Crippen molar-refractivity contribution in [3.63, 3.8) is 0 Å². The third-order valence-electron chi connectivity index (χ3n) is 5.42. The SMILES string of the molecule is C[C@H]1CCCN(c2ccc(CNC(=O)[C@H]3CCCN(C)C3)cc2)C1. The Balaban J connectivity index is 1.50. The highest BCUT2D eigenvalue weighted by molar-refractivity contribution is 5.79. The van der Waals surface area contributed by atoms with E-state index in [4.69, 9.17) is 0 Å². The predicted molar refractivity (Wildman–Crippen MR) is 99.1 cm³/mol. The number of piperidine rings is 2. The zero-order valence-corrected chi connectivity index (χ0v) is 15.1. The summed E-state index contributed by atoms with van der Waals surface area (Å²) in [6, 6.07) is 8.71. The molecule has 0 spiro atoms. The van der Waals surface area contributed by atoms with Gasteiger partial charge in [0.15, 0.2) is 0 Å². The predicted octanol–water partition coefficient (Wildman–Crippen LogP) is 2.88. The van der Waals surface area contributed by atoms with Crippen LogP contribution in [0, 0.1) is 11.8 Å².